The van der Waals surface area contributed by atoms with Gasteiger partial charge in [0.25, 0.3) is 0 Å². The van der Waals surface area contributed by atoms with Crippen molar-refractivity contribution in [3.05, 3.63) is 29.8 Å². The lowest BCUT2D eigenvalue weighted by Crippen LogP contribution is -2.38. The quantitative estimate of drug-likeness (QED) is 0.852. The molecule has 0 fully saturated rings. The van der Waals surface area contributed by atoms with Gasteiger partial charge >= 0.3 is 0 Å². The fourth-order valence-electron chi connectivity index (χ4n) is 2.37. The molecule has 1 rings (SSSR count). The summed E-state index contributed by atoms with van der Waals surface area (Å²) in [6, 6.07) is 8.48. The average Bonchev–Trinajstić information content (AvgIpc) is 2.28. The Kier molecular flexibility index (Phi) is 4.54. The molecule has 1 aromatic rings. The molecular formula is C14H24N2O. The lowest BCUT2D eigenvalue weighted by molar-refractivity contribution is 0.143. The molecule has 0 spiro atoms. The summed E-state index contributed by atoms with van der Waals surface area (Å²) in [6.45, 7) is 5.03. The second-order valence-electron chi connectivity index (χ2n) is 5.34. The predicted molar refractivity (Wildman–Crippen MR) is 72.3 cm³/mol. The van der Waals surface area contributed by atoms with Crippen LogP contribution >= 0.6 is 0 Å². The molecular weight excluding hydrogens is 212 g/mol. The minimum absolute atomic E-state index is 0.0237. The van der Waals surface area contributed by atoms with Crippen molar-refractivity contribution in [2.75, 3.05) is 27.7 Å². The van der Waals surface area contributed by atoms with Gasteiger partial charge in [0, 0.05) is 6.04 Å². The van der Waals surface area contributed by atoms with Crippen LogP contribution in [0.5, 0.6) is 5.75 Å². The van der Waals surface area contributed by atoms with Crippen LogP contribution in [0.15, 0.2) is 24.3 Å². The summed E-state index contributed by atoms with van der Waals surface area (Å²) in [7, 11) is 5.86. The Morgan fingerprint density at radius 2 is 2.00 bits per heavy atom. The molecule has 0 radical (unpaired) electrons. The molecule has 17 heavy (non-hydrogen) atoms. The van der Waals surface area contributed by atoms with Crippen molar-refractivity contribution in [3.63, 3.8) is 0 Å². The van der Waals surface area contributed by atoms with Crippen molar-refractivity contribution in [2.24, 2.45) is 11.1 Å². The first-order chi connectivity index (χ1) is 7.92. The number of benzene rings is 1. The molecule has 3 heteroatoms. The Labute approximate surface area is 105 Å². The van der Waals surface area contributed by atoms with E-state index in [1.807, 2.05) is 12.1 Å². The van der Waals surface area contributed by atoms with E-state index in [1.54, 1.807) is 7.11 Å². The maximum atomic E-state index is 5.89. The highest BCUT2D eigenvalue weighted by atomic mass is 16.5. The first-order valence-corrected chi connectivity index (χ1v) is 5.93. The molecule has 0 heterocycles. The summed E-state index contributed by atoms with van der Waals surface area (Å²) in [5.74, 6) is 0.891. The fourth-order valence-corrected chi connectivity index (χ4v) is 2.37. The molecule has 96 valence electrons. The maximum absolute atomic E-state index is 5.89. The Balaban J connectivity index is 3.14. The van der Waals surface area contributed by atoms with Crippen LogP contribution in [-0.4, -0.2) is 32.6 Å². The molecule has 0 aliphatic carbocycles. The van der Waals surface area contributed by atoms with E-state index >= 15 is 0 Å². The van der Waals surface area contributed by atoms with E-state index in [0.717, 1.165) is 5.75 Å². The second kappa shape index (κ2) is 5.52. The van der Waals surface area contributed by atoms with Crippen LogP contribution in [0.1, 0.15) is 25.5 Å². The summed E-state index contributed by atoms with van der Waals surface area (Å²) in [5.41, 5.74) is 7.16. The van der Waals surface area contributed by atoms with Crippen molar-refractivity contribution in [3.8, 4) is 5.75 Å². The van der Waals surface area contributed by atoms with Gasteiger partial charge in [-0.05, 0) is 43.8 Å². The summed E-state index contributed by atoms with van der Waals surface area (Å²) in [6.07, 6.45) is 0. The number of rotatable bonds is 5. The minimum atomic E-state index is 0.0237. The van der Waals surface area contributed by atoms with Crippen LogP contribution in [0.4, 0.5) is 0 Å². The topological polar surface area (TPSA) is 38.5 Å². The zero-order valence-electron chi connectivity index (χ0n) is 11.5. The molecule has 0 aliphatic rings. The number of hydrogen-bond acceptors (Lipinski definition) is 3. The first kappa shape index (κ1) is 14.0. The van der Waals surface area contributed by atoms with Gasteiger partial charge in [-0.15, -0.1) is 0 Å². The lowest BCUT2D eigenvalue weighted by Gasteiger charge is -2.38. The molecule has 0 saturated heterocycles. The van der Waals surface area contributed by atoms with Gasteiger partial charge in [0.15, 0.2) is 0 Å². The van der Waals surface area contributed by atoms with Crippen molar-refractivity contribution in [1.82, 2.24) is 4.90 Å². The van der Waals surface area contributed by atoms with Gasteiger partial charge in [0.2, 0.25) is 0 Å². The van der Waals surface area contributed by atoms with Crippen LogP contribution in [0, 0.1) is 5.41 Å². The lowest BCUT2D eigenvalue weighted by atomic mass is 9.80. The van der Waals surface area contributed by atoms with Gasteiger partial charge in [-0.3, -0.25) is 0 Å². The number of methoxy groups -OCH3 is 1. The Bertz CT molecular complexity index is 361. The first-order valence-electron chi connectivity index (χ1n) is 5.93. The molecule has 0 bridgehead atoms. The zero-order chi connectivity index (χ0) is 13.1. The molecule has 1 aromatic carbocycles. The van der Waals surface area contributed by atoms with E-state index in [4.69, 9.17) is 10.5 Å². The monoisotopic (exact) mass is 236 g/mol. The van der Waals surface area contributed by atoms with E-state index < -0.39 is 0 Å². The molecule has 0 aromatic heterocycles. The normalized spacial score (nSPS) is 13.8. The zero-order valence-corrected chi connectivity index (χ0v) is 11.5. The van der Waals surface area contributed by atoms with E-state index in [0.29, 0.717) is 6.54 Å². The van der Waals surface area contributed by atoms with Gasteiger partial charge < -0.3 is 15.4 Å². The Morgan fingerprint density at radius 1 is 1.35 bits per heavy atom. The van der Waals surface area contributed by atoms with Gasteiger partial charge in [-0.2, -0.15) is 0 Å². The highest BCUT2D eigenvalue weighted by Gasteiger charge is 2.31. The third-order valence-electron chi connectivity index (χ3n) is 3.19. The number of nitrogens with two attached hydrogens (primary N) is 1. The summed E-state index contributed by atoms with van der Waals surface area (Å²) >= 11 is 0. The molecule has 1 unspecified atom stereocenters. The molecule has 0 saturated carbocycles. The summed E-state index contributed by atoms with van der Waals surface area (Å²) in [4.78, 5) is 2.21. The number of nitrogens with zero attached hydrogens (tertiary/aromatic N) is 1. The van der Waals surface area contributed by atoms with Gasteiger partial charge in [0.1, 0.15) is 5.75 Å². The third-order valence-corrected chi connectivity index (χ3v) is 3.19. The molecule has 0 amide bonds. The Hall–Kier alpha value is -1.06. The highest BCUT2D eigenvalue weighted by Crippen LogP contribution is 2.37. The number of ether oxygens (including phenoxy) is 1. The molecule has 3 nitrogen and oxygen atoms in total. The molecule has 2 N–H and O–H groups in total. The van der Waals surface area contributed by atoms with Crippen molar-refractivity contribution in [2.45, 2.75) is 19.9 Å². The van der Waals surface area contributed by atoms with Crippen molar-refractivity contribution < 1.29 is 4.74 Å². The van der Waals surface area contributed by atoms with Crippen molar-refractivity contribution in [1.29, 1.82) is 0 Å². The van der Waals surface area contributed by atoms with Crippen LogP contribution in [-0.2, 0) is 0 Å². The van der Waals surface area contributed by atoms with Crippen LogP contribution in [0.3, 0.4) is 0 Å². The largest absolute Gasteiger partial charge is 0.497 e. The summed E-state index contributed by atoms with van der Waals surface area (Å²) in [5, 5.41) is 0. The average molecular weight is 236 g/mol. The van der Waals surface area contributed by atoms with E-state index in [1.165, 1.54) is 5.56 Å². The smallest absolute Gasteiger partial charge is 0.119 e. The highest BCUT2D eigenvalue weighted by molar-refractivity contribution is 5.31. The maximum Gasteiger partial charge on any atom is 0.119 e. The van der Waals surface area contributed by atoms with Crippen LogP contribution < -0.4 is 10.5 Å². The minimum Gasteiger partial charge on any atom is -0.497 e. The predicted octanol–water partition coefficient (Wildman–Crippen LogP) is 2.28. The molecule has 1 atom stereocenters. The van der Waals surface area contributed by atoms with E-state index in [2.05, 4.69) is 45.0 Å². The summed E-state index contributed by atoms with van der Waals surface area (Å²) < 4.78 is 5.28. The van der Waals surface area contributed by atoms with Crippen LogP contribution in [0.2, 0.25) is 0 Å². The SMILES string of the molecule is COc1cccc(C(N(C)C)C(C)(C)CN)c1. The van der Waals surface area contributed by atoms with E-state index in [-0.39, 0.29) is 11.5 Å². The van der Waals surface area contributed by atoms with Gasteiger partial charge in [-0.25, -0.2) is 0 Å². The number of hydrogen-bond donors (Lipinski definition) is 1. The fraction of sp³-hybridized carbons (Fsp3) is 0.571. The Morgan fingerprint density at radius 3 is 2.47 bits per heavy atom. The molecule has 0 aliphatic heterocycles. The van der Waals surface area contributed by atoms with Gasteiger partial charge in [-0.1, -0.05) is 26.0 Å². The van der Waals surface area contributed by atoms with Gasteiger partial charge in [0.05, 0.1) is 7.11 Å². The standard InChI is InChI=1S/C14H24N2O/c1-14(2,10-15)13(16(3)4)11-7-6-8-12(9-11)17-5/h6-9,13H,10,15H2,1-5H3. The van der Waals surface area contributed by atoms with Crippen LogP contribution in [0.25, 0.3) is 0 Å². The van der Waals surface area contributed by atoms with E-state index in [9.17, 15) is 0 Å². The second-order valence-corrected chi connectivity index (χ2v) is 5.34. The third kappa shape index (κ3) is 3.20. The van der Waals surface area contributed by atoms with Crippen molar-refractivity contribution >= 4 is 0 Å².